The van der Waals surface area contributed by atoms with Gasteiger partial charge in [0.15, 0.2) is 5.75 Å². The molecule has 0 spiro atoms. The monoisotopic (exact) mass is 281 g/mol. The van der Waals surface area contributed by atoms with Gasteiger partial charge < -0.3 is 14.6 Å². The maximum Gasteiger partial charge on any atom is 0.317 e. The Morgan fingerprint density at radius 3 is 2.12 bits per heavy atom. The van der Waals surface area contributed by atoms with E-state index in [9.17, 15) is 14.7 Å². The standard InChI is InChI=1S/C9H5Cl3O4/c10-4-1-5(11)9(6(12)2-4)16-8(15)3-7(13)14/h1-2H,3H2,(H,13,14)/p-1. The number of aliphatic carboxylic acids is 1. The summed E-state index contributed by atoms with van der Waals surface area (Å²) in [5, 5.41) is 10.4. The van der Waals surface area contributed by atoms with Crippen molar-refractivity contribution in [3.05, 3.63) is 27.2 Å². The third kappa shape index (κ3) is 3.56. The van der Waals surface area contributed by atoms with Crippen molar-refractivity contribution in [3.63, 3.8) is 0 Å². The van der Waals surface area contributed by atoms with Crippen LogP contribution in [-0.2, 0) is 9.59 Å². The van der Waals surface area contributed by atoms with E-state index >= 15 is 0 Å². The van der Waals surface area contributed by atoms with Gasteiger partial charge in [-0.25, -0.2) is 0 Å². The van der Waals surface area contributed by atoms with Crippen molar-refractivity contribution in [2.75, 3.05) is 0 Å². The maximum atomic E-state index is 11.0. The van der Waals surface area contributed by atoms with Crippen molar-refractivity contribution in [3.8, 4) is 5.75 Å². The zero-order chi connectivity index (χ0) is 12.3. The van der Waals surface area contributed by atoms with E-state index in [4.69, 9.17) is 34.8 Å². The summed E-state index contributed by atoms with van der Waals surface area (Å²) >= 11 is 17.0. The average molecular weight is 282 g/mol. The molecule has 0 bridgehead atoms. The number of carboxylic acid groups (broad SMARTS) is 1. The molecule has 1 aromatic rings. The lowest BCUT2D eigenvalue weighted by Crippen LogP contribution is -2.27. The molecule has 0 aliphatic carbocycles. The second-order valence-corrected chi connectivity index (χ2v) is 3.97. The highest BCUT2D eigenvalue weighted by Gasteiger charge is 2.13. The molecular weight excluding hydrogens is 278 g/mol. The van der Waals surface area contributed by atoms with Gasteiger partial charge in [-0.1, -0.05) is 34.8 Å². The molecule has 0 aromatic heterocycles. The number of carbonyl (C=O) groups is 2. The van der Waals surface area contributed by atoms with Crippen LogP contribution in [0.2, 0.25) is 15.1 Å². The highest BCUT2D eigenvalue weighted by Crippen LogP contribution is 2.35. The Hall–Kier alpha value is -0.970. The van der Waals surface area contributed by atoms with Gasteiger partial charge in [0, 0.05) is 5.02 Å². The van der Waals surface area contributed by atoms with E-state index in [0.29, 0.717) is 0 Å². The summed E-state index contributed by atoms with van der Waals surface area (Å²) in [6.07, 6.45) is -0.880. The van der Waals surface area contributed by atoms with Gasteiger partial charge in [-0.2, -0.15) is 0 Å². The lowest BCUT2D eigenvalue weighted by Gasteiger charge is -2.08. The molecular formula is C9H4Cl3O4-. The van der Waals surface area contributed by atoms with Crippen molar-refractivity contribution < 1.29 is 19.4 Å². The van der Waals surface area contributed by atoms with E-state index in [2.05, 4.69) is 4.74 Å². The molecule has 0 saturated heterocycles. The van der Waals surface area contributed by atoms with E-state index in [1.165, 1.54) is 12.1 Å². The predicted octanol–water partition coefficient (Wildman–Crippen LogP) is 1.69. The number of carbonyl (C=O) groups excluding carboxylic acids is 2. The van der Waals surface area contributed by atoms with Crippen LogP contribution in [0.1, 0.15) is 6.42 Å². The van der Waals surface area contributed by atoms with Gasteiger partial charge in [0.05, 0.1) is 22.4 Å². The molecule has 0 unspecified atom stereocenters. The molecule has 7 heteroatoms. The summed E-state index contributed by atoms with van der Waals surface area (Å²) < 4.78 is 4.66. The summed E-state index contributed by atoms with van der Waals surface area (Å²) in [4.78, 5) is 21.1. The molecule has 86 valence electrons. The van der Waals surface area contributed by atoms with E-state index < -0.39 is 18.4 Å². The topological polar surface area (TPSA) is 66.4 Å². The molecule has 0 N–H and O–H groups in total. The Morgan fingerprint density at radius 2 is 1.69 bits per heavy atom. The Bertz CT molecular complexity index is 421. The SMILES string of the molecule is O=C([O-])CC(=O)Oc1c(Cl)cc(Cl)cc1Cl. The molecule has 0 atom stereocenters. The summed E-state index contributed by atoms with van der Waals surface area (Å²) in [5.74, 6) is -2.70. The molecule has 0 fully saturated rings. The molecule has 4 nitrogen and oxygen atoms in total. The molecule has 1 aromatic carbocycles. The van der Waals surface area contributed by atoms with Gasteiger partial charge in [0.1, 0.15) is 0 Å². The van der Waals surface area contributed by atoms with Crippen LogP contribution in [0.25, 0.3) is 0 Å². The van der Waals surface area contributed by atoms with Gasteiger partial charge in [0.2, 0.25) is 0 Å². The Kier molecular flexibility index (Phi) is 4.41. The van der Waals surface area contributed by atoms with Crippen LogP contribution in [0.15, 0.2) is 12.1 Å². The van der Waals surface area contributed by atoms with E-state index in [0.717, 1.165) is 0 Å². The van der Waals surface area contributed by atoms with Gasteiger partial charge in [0.25, 0.3) is 0 Å². The lowest BCUT2D eigenvalue weighted by molar-refractivity contribution is -0.304. The second kappa shape index (κ2) is 5.39. The summed E-state index contributed by atoms with van der Waals surface area (Å²) in [5.41, 5.74) is 0. The van der Waals surface area contributed by atoms with E-state index in [1.54, 1.807) is 0 Å². The van der Waals surface area contributed by atoms with Crippen molar-refractivity contribution in [2.45, 2.75) is 6.42 Å². The minimum Gasteiger partial charge on any atom is -0.550 e. The molecule has 0 aliphatic rings. The Labute approximate surface area is 106 Å². The van der Waals surface area contributed by atoms with Crippen LogP contribution in [0.5, 0.6) is 5.75 Å². The first-order chi connectivity index (χ1) is 7.40. The third-order valence-electron chi connectivity index (χ3n) is 1.47. The zero-order valence-corrected chi connectivity index (χ0v) is 9.90. The van der Waals surface area contributed by atoms with Gasteiger partial charge in [-0.3, -0.25) is 4.79 Å². The fourth-order valence-corrected chi connectivity index (χ4v) is 1.79. The molecule has 0 saturated carbocycles. The molecule has 0 radical (unpaired) electrons. The first kappa shape index (κ1) is 13.1. The summed E-state index contributed by atoms with van der Waals surface area (Å²) in [6, 6.07) is 2.63. The smallest absolute Gasteiger partial charge is 0.317 e. The molecule has 0 amide bonds. The van der Waals surface area contributed by atoms with Crippen LogP contribution >= 0.6 is 34.8 Å². The van der Waals surface area contributed by atoms with Crippen LogP contribution < -0.4 is 9.84 Å². The fraction of sp³-hybridized carbons (Fsp3) is 0.111. The highest BCUT2D eigenvalue weighted by molar-refractivity contribution is 6.40. The minimum absolute atomic E-state index is 0.0178. The predicted molar refractivity (Wildman–Crippen MR) is 56.7 cm³/mol. The number of hydrogen-bond donors (Lipinski definition) is 0. The number of halogens is 3. The molecule has 0 heterocycles. The number of benzene rings is 1. The Balaban J connectivity index is 2.89. The fourth-order valence-electron chi connectivity index (χ4n) is 0.894. The van der Waals surface area contributed by atoms with Crippen LogP contribution in [0, 0.1) is 0 Å². The van der Waals surface area contributed by atoms with E-state index in [1.807, 2.05) is 0 Å². The van der Waals surface area contributed by atoms with Crippen LogP contribution in [-0.4, -0.2) is 11.9 Å². The minimum atomic E-state index is -1.55. The van der Waals surface area contributed by atoms with Gasteiger partial charge >= 0.3 is 5.97 Å². The third-order valence-corrected chi connectivity index (χ3v) is 2.25. The van der Waals surface area contributed by atoms with E-state index in [-0.39, 0.29) is 20.8 Å². The summed E-state index contributed by atoms with van der Waals surface area (Å²) in [6.45, 7) is 0. The molecule has 16 heavy (non-hydrogen) atoms. The highest BCUT2D eigenvalue weighted by atomic mass is 35.5. The van der Waals surface area contributed by atoms with Crippen LogP contribution in [0.3, 0.4) is 0 Å². The van der Waals surface area contributed by atoms with Crippen molar-refractivity contribution in [1.29, 1.82) is 0 Å². The van der Waals surface area contributed by atoms with Crippen molar-refractivity contribution >= 4 is 46.7 Å². The second-order valence-electron chi connectivity index (χ2n) is 2.72. The Morgan fingerprint density at radius 1 is 1.19 bits per heavy atom. The normalized spacial score (nSPS) is 9.94. The van der Waals surface area contributed by atoms with Crippen molar-refractivity contribution in [1.82, 2.24) is 0 Å². The average Bonchev–Trinajstić information content (AvgIpc) is 2.09. The zero-order valence-electron chi connectivity index (χ0n) is 7.63. The number of esters is 1. The van der Waals surface area contributed by atoms with Crippen molar-refractivity contribution in [2.24, 2.45) is 0 Å². The molecule has 0 aliphatic heterocycles. The number of hydrogen-bond acceptors (Lipinski definition) is 4. The van der Waals surface area contributed by atoms with Gasteiger partial charge in [-0.05, 0) is 12.1 Å². The quantitative estimate of drug-likeness (QED) is 0.481. The van der Waals surface area contributed by atoms with Crippen LogP contribution in [0.4, 0.5) is 0 Å². The largest absolute Gasteiger partial charge is 0.550 e. The first-order valence-corrected chi connectivity index (χ1v) is 5.08. The first-order valence-electron chi connectivity index (χ1n) is 3.95. The molecule has 1 rings (SSSR count). The maximum absolute atomic E-state index is 11.0. The van der Waals surface area contributed by atoms with Gasteiger partial charge in [-0.15, -0.1) is 0 Å². The number of rotatable bonds is 3. The number of carboxylic acids is 1. The number of ether oxygens (including phenoxy) is 1. The summed E-state index contributed by atoms with van der Waals surface area (Å²) in [7, 11) is 0. The lowest BCUT2D eigenvalue weighted by atomic mass is 10.3.